The van der Waals surface area contributed by atoms with Crippen LogP contribution in [0.3, 0.4) is 0 Å². The van der Waals surface area contributed by atoms with Crippen molar-refractivity contribution in [3.63, 3.8) is 0 Å². The van der Waals surface area contributed by atoms with Gasteiger partial charge in [0.25, 0.3) is 0 Å². The maximum Gasteiger partial charge on any atom is 0.339 e. The fourth-order valence-corrected chi connectivity index (χ4v) is 1.57. The molecule has 0 fully saturated rings. The Morgan fingerprint density at radius 2 is 1.25 bits per heavy atom. The van der Waals surface area contributed by atoms with E-state index >= 15 is 0 Å². The molecule has 2 N–H and O–H groups in total. The van der Waals surface area contributed by atoms with Gasteiger partial charge in [0.05, 0.1) is 11.1 Å². The lowest BCUT2D eigenvalue weighted by molar-refractivity contribution is 0.0486. The second-order valence-electron chi connectivity index (χ2n) is 3.43. The molecule has 0 radical (unpaired) electrons. The van der Waals surface area contributed by atoms with Crippen LogP contribution < -0.4 is 9.44 Å². The van der Waals surface area contributed by atoms with Crippen LogP contribution in [-0.4, -0.2) is 37.9 Å². The Balaban J connectivity index is 2.50. The van der Waals surface area contributed by atoms with Crippen molar-refractivity contribution in [1.82, 2.24) is 9.44 Å². The normalized spacial score (nSPS) is 10.1. The molecule has 20 heavy (non-hydrogen) atoms. The first-order valence-corrected chi connectivity index (χ1v) is 8.10. The van der Waals surface area contributed by atoms with E-state index in [1.807, 2.05) is 12.5 Å². The van der Waals surface area contributed by atoms with Crippen LogP contribution in [0.2, 0.25) is 0 Å². The summed E-state index contributed by atoms with van der Waals surface area (Å²) in [5.41, 5.74) is 0.762. The van der Waals surface area contributed by atoms with Crippen molar-refractivity contribution in [2.45, 2.75) is 0 Å². The first-order chi connectivity index (χ1) is 9.69. The van der Waals surface area contributed by atoms with E-state index < -0.39 is 11.9 Å². The number of benzene rings is 1. The number of rotatable bonds is 8. The highest BCUT2D eigenvalue weighted by Gasteiger charge is 2.10. The van der Waals surface area contributed by atoms with E-state index in [-0.39, 0.29) is 13.5 Å². The third-order valence-corrected chi connectivity index (χ3v) is 2.98. The van der Waals surface area contributed by atoms with E-state index in [0.717, 1.165) is 0 Å². The van der Waals surface area contributed by atoms with E-state index in [2.05, 4.69) is 9.44 Å². The number of carbonyl (C=O) groups is 2. The summed E-state index contributed by atoms with van der Waals surface area (Å²) >= 11 is 2.72. The molecule has 0 saturated carbocycles. The monoisotopic (exact) mass is 316 g/mol. The van der Waals surface area contributed by atoms with Crippen molar-refractivity contribution in [2.75, 3.05) is 26.0 Å². The van der Waals surface area contributed by atoms with Crippen LogP contribution in [0.25, 0.3) is 0 Å². The first kappa shape index (κ1) is 16.8. The molecule has 1 aromatic rings. The first-order valence-electron chi connectivity index (χ1n) is 5.65. The number of esters is 2. The summed E-state index contributed by atoms with van der Waals surface area (Å²) in [6, 6.07) is 6.11. The third kappa shape index (κ3) is 5.83. The molecular weight excluding hydrogens is 300 g/mol. The Morgan fingerprint density at radius 3 is 1.55 bits per heavy atom. The van der Waals surface area contributed by atoms with Crippen LogP contribution in [0.4, 0.5) is 0 Å². The van der Waals surface area contributed by atoms with E-state index in [0.29, 0.717) is 11.1 Å². The lowest BCUT2D eigenvalue weighted by Gasteiger charge is -2.06. The predicted octanol–water partition coefficient (Wildman–Crippen LogP) is 1.65. The van der Waals surface area contributed by atoms with Gasteiger partial charge in [0.15, 0.2) is 13.5 Å². The largest absolute Gasteiger partial charge is 0.445 e. The van der Waals surface area contributed by atoms with E-state index in [1.165, 1.54) is 48.2 Å². The Bertz CT molecular complexity index is 399. The standard InChI is InChI=1S/C12H16N2O4S2/c1-19-13-7-17-11(15)9-3-5-10(6-4-9)12(16)18-8-14-20-2/h3-6,13-14H,7-8H2,1-2H3. The average molecular weight is 316 g/mol. The van der Waals surface area contributed by atoms with Crippen molar-refractivity contribution in [2.24, 2.45) is 0 Å². The lowest BCUT2D eigenvalue weighted by atomic mass is 10.1. The summed E-state index contributed by atoms with van der Waals surface area (Å²) in [5, 5.41) is 0. The highest BCUT2D eigenvalue weighted by atomic mass is 32.2. The molecule has 1 rings (SSSR count). The fourth-order valence-electron chi connectivity index (χ4n) is 1.22. The Morgan fingerprint density at radius 1 is 0.900 bits per heavy atom. The minimum absolute atomic E-state index is 0.129. The molecule has 1 aromatic carbocycles. The fraction of sp³-hybridized carbons (Fsp3) is 0.333. The van der Waals surface area contributed by atoms with Gasteiger partial charge in [0.2, 0.25) is 0 Å². The topological polar surface area (TPSA) is 76.7 Å². The molecule has 0 amide bonds. The number of nitrogens with one attached hydrogen (secondary N) is 2. The van der Waals surface area contributed by atoms with Crippen molar-refractivity contribution in [3.8, 4) is 0 Å². The van der Waals surface area contributed by atoms with Crippen LogP contribution >= 0.6 is 23.9 Å². The molecule has 0 atom stereocenters. The Hall–Kier alpha value is -1.22. The zero-order chi connectivity index (χ0) is 14.8. The Kier molecular flexibility index (Phi) is 8.12. The van der Waals surface area contributed by atoms with Gasteiger partial charge in [-0.2, -0.15) is 0 Å². The van der Waals surface area contributed by atoms with Crippen molar-refractivity contribution < 1.29 is 19.1 Å². The van der Waals surface area contributed by atoms with Crippen molar-refractivity contribution in [1.29, 1.82) is 0 Å². The van der Waals surface area contributed by atoms with Crippen LogP contribution in [0.1, 0.15) is 20.7 Å². The SMILES string of the molecule is CSNCOC(=O)c1ccc(C(=O)OCNSC)cc1. The van der Waals surface area contributed by atoms with Gasteiger partial charge >= 0.3 is 11.9 Å². The second-order valence-corrected chi connectivity index (χ2v) is 4.82. The van der Waals surface area contributed by atoms with Crippen LogP contribution in [0, 0.1) is 0 Å². The molecule has 8 heteroatoms. The van der Waals surface area contributed by atoms with Gasteiger partial charge in [-0.05, 0) is 36.8 Å². The number of carbonyl (C=O) groups excluding carboxylic acids is 2. The molecule has 0 aromatic heterocycles. The molecule has 0 aliphatic heterocycles. The minimum atomic E-state index is -0.449. The molecule has 0 saturated heterocycles. The smallest absolute Gasteiger partial charge is 0.339 e. The summed E-state index contributed by atoms with van der Waals surface area (Å²) in [6.07, 6.45) is 3.67. The van der Waals surface area contributed by atoms with Crippen LogP contribution in [0.15, 0.2) is 24.3 Å². The zero-order valence-electron chi connectivity index (χ0n) is 11.2. The minimum Gasteiger partial charge on any atom is -0.445 e. The molecule has 0 bridgehead atoms. The Labute approximate surface area is 126 Å². The summed E-state index contributed by atoms with van der Waals surface area (Å²) in [7, 11) is 0. The number of hydrogen-bond donors (Lipinski definition) is 2. The highest BCUT2D eigenvalue weighted by Crippen LogP contribution is 2.07. The van der Waals surface area contributed by atoms with Crippen molar-refractivity contribution >= 4 is 35.8 Å². The van der Waals surface area contributed by atoms with Gasteiger partial charge in [0, 0.05) is 0 Å². The van der Waals surface area contributed by atoms with Gasteiger partial charge in [-0.15, -0.1) is 0 Å². The molecule has 0 spiro atoms. The molecule has 110 valence electrons. The summed E-state index contributed by atoms with van der Waals surface area (Å²) < 4.78 is 15.5. The van der Waals surface area contributed by atoms with Gasteiger partial charge in [-0.25, -0.2) is 19.0 Å². The molecule has 0 aliphatic carbocycles. The molecule has 0 unspecified atom stereocenters. The highest BCUT2D eigenvalue weighted by molar-refractivity contribution is 7.96. The summed E-state index contributed by atoms with van der Waals surface area (Å²) in [5.74, 6) is -0.897. The number of ether oxygens (including phenoxy) is 2. The average Bonchev–Trinajstić information content (AvgIpc) is 2.47. The maximum absolute atomic E-state index is 11.6. The van der Waals surface area contributed by atoms with E-state index in [9.17, 15) is 9.59 Å². The van der Waals surface area contributed by atoms with Crippen LogP contribution in [0.5, 0.6) is 0 Å². The predicted molar refractivity (Wildman–Crippen MR) is 80.3 cm³/mol. The lowest BCUT2D eigenvalue weighted by Crippen LogP contribution is -2.16. The van der Waals surface area contributed by atoms with Gasteiger partial charge in [-0.3, -0.25) is 0 Å². The summed E-state index contributed by atoms with van der Waals surface area (Å²) in [4.78, 5) is 23.2. The number of hydrogen-bond acceptors (Lipinski definition) is 8. The zero-order valence-corrected chi connectivity index (χ0v) is 12.8. The van der Waals surface area contributed by atoms with Gasteiger partial charge in [0.1, 0.15) is 0 Å². The summed E-state index contributed by atoms with van der Waals surface area (Å²) in [6.45, 7) is 0.258. The third-order valence-electron chi connectivity index (χ3n) is 2.17. The quantitative estimate of drug-likeness (QED) is 0.324. The second kappa shape index (κ2) is 9.65. The molecule has 6 nitrogen and oxygen atoms in total. The van der Waals surface area contributed by atoms with Gasteiger partial charge < -0.3 is 9.47 Å². The van der Waals surface area contributed by atoms with Crippen LogP contribution in [-0.2, 0) is 9.47 Å². The maximum atomic E-state index is 11.6. The van der Waals surface area contributed by atoms with E-state index in [4.69, 9.17) is 9.47 Å². The molecular formula is C12H16N2O4S2. The molecule has 0 heterocycles. The van der Waals surface area contributed by atoms with E-state index in [1.54, 1.807) is 0 Å². The van der Waals surface area contributed by atoms with Crippen molar-refractivity contribution in [3.05, 3.63) is 35.4 Å². The molecule has 0 aliphatic rings. The van der Waals surface area contributed by atoms with Gasteiger partial charge in [-0.1, -0.05) is 23.9 Å².